The van der Waals surface area contributed by atoms with Gasteiger partial charge >= 0.3 is 0 Å². The smallest absolute Gasteiger partial charge is 0.142 e. The fourth-order valence-corrected chi connectivity index (χ4v) is 2.92. The number of nitrogens with two attached hydrogens (primary N) is 1. The van der Waals surface area contributed by atoms with E-state index in [1.54, 1.807) is 0 Å². The molecule has 2 aromatic carbocycles. The van der Waals surface area contributed by atoms with Gasteiger partial charge in [-0.3, -0.25) is 0 Å². The van der Waals surface area contributed by atoms with Crippen LogP contribution in [0.3, 0.4) is 0 Å². The highest BCUT2D eigenvalue weighted by molar-refractivity contribution is 7.80. The molecule has 3 rings (SSSR count). The normalized spacial score (nSPS) is 14.0. The van der Waals surface area contributed by atoms with Crippen LogP contribution in [0.15, 0.2) is 42.5 Å². The van der Waals surface area contributed by atoms with Crippen molar-refractivity contribution in [3.63, 3.8) is 0 Å². The van der Waals surface area contributed by atoms with Crippen LogP contribution in [0.1, 0.15) is 17.5 Å². The number of hydrogen-bond donors (Lipinski definition) is 1. The van der Waals surface area contributed by atoms with Gasteiger partial charge in [0.15, 0.2) is 0 Å². The van der Waals surface area contributed by atoms with Gasteiger partial charge in [-0.1, -0.05) is 24.4 Å². The van der Waals surface area contributed by atoms with Crippen LogP contribution in [0.25, 0.3) is 0 Å². The van der Waals surface area contributed by atoms with E-state index in [-0.39, 0.29) is 0 Å². The molecule has 0 unspecified atom stereocenters. The lowest BCUT2D eigenvalue weighted by atomic mass is 10.1. The highest BCUT2D eigenvalue weighted by Crippen LogP contribution is 2.36. The third kappa shape index (κ3) is 2.72. The molecule has 21 heavy (non-hydrogen) atoms. The topological polar surface area (TPSA) is 38.5 Å². The average Bonchev–Trinajstić information content (AvgIpc) is 2.69. The number of nitrogens with zero attached hydrogens (tertiary/aromatic N) is 1. The van der Waals surface area contributed by atoms with Crippen LogP contribution in [0, 0.1) is 6.92 Å². The molecule has 0 amide bonds. The summed E-state index contributed by atoms with van der Waals surface area (Å²) < 4.78 is 5.81. The molecule has 2 aromatic rings. The minimum atomic E-state index is 0.443. The molecule has 0 saturated heterocycles. The maximum absolute atomic E-state index is 5.81. The lowest BCUT2D eigenvalue weighted by molar-refractivity contribution is 0.322. The van der Waals surface area contributed by atoms with E-state index in [4.69, 9.17) is 22.7 Å². The molecule has 0 aromatic heterocycles. The van der Waals surface area contributed by atoms with Crippen LogP contribution >= 0.6 is 12.2 Å². The molecule has 4 heteroatoms. The zero-order valence-electron chi connectivity index (χ0n) is 12.0. The summed E-state index contributed by atoms with van der Waals surface area (Å²) in [5.74, 6) is 0.936. The van der Waals surface area contributed by atoms with Gasteiger partial charge in [-0.05, 0) is 49.2 Å². The van der Waals surface area contributed by atoms with Crippen LogP contribution in [-0.4, -0.2) is 18.1 Å². The summed E-state index contributed by atoms with van der Waals surface area (Å²) in [4.78, 5) is 2.73. The van der Waals surface area contributed by atoms with Crippen LogP contribution < -0.4 is 15.4 Å². The van der Waals surface area contributed by atoms with Gasteiger partial charge in [-0.15, -0.1) is 0 Å². The zero-order chi connectivity index (χ0) is 14.8. The van der Waals surface area contributed by atoms with E-state index >= 15 is 0 Å². The molecule has 0 fully saturated rings. The van der Waals surface area contributed by atoms with Crippen molar-refractivity contribution in [1.29, 1.82) is 0 Å². The Hall–Kier alpha value is -2.07. The van der Waals surface area contributed by atoms with E-state index in [0.717, 1.165) is 47.8 Å². The summed E-state index contributed by atoms with van der Waals surface area (Å²) in [6, 6.07) is 14.4. The van der Waals surface area contributed by atoms with E-state index in [1.165, 1.54) is 0 Å². The van der Waals surface area contributed by atoms with E-state index in [2.05, 4.69) is 23.1 Å². The van der Waals surface area contributed by atoms with E-state index in [9.17, 15) is 0 Å². The summed E-state index contributed by atoms with van der Waals surface area (Å²) in [5.41, 5.74) is 10.0. The Balaban J connectivity index is 2.04. The van der Waals surface area contributed by atoms with Gasteiger partial charge in [-0.2, -0.15) is 0 Å². The van der Waals surface area contributed by atoms with Gasteiger partial charge in [0, 0.05) is 17.8 Å². The lowest BCUT2D eigenvalue weighted by Gasteiger charge is -2.24. The number of rotatable bonds is 2. The first-order valence-corrected chi connectivity index (χ1v) is 7.47. The predicted octanol–water partition coefficient (Wildman–Crippen LogP) is 3.55. The molecule has 108 valence electrons. The molecule has 0 saturated carbocycles. The van der Waals surface area contributed by atoms with Crippen molar-refractivity contribution in [3.8, 4) is 5.75 Å². The van der Waals surface area contributed by atoms with Crippen molar-refractivity contribution < 1.29 is 4.74 Å². The highest BCUT2D eigenvalue weighted by atomic mass is 32.1. The third-order valence-corrected chi connectivity index (χ3v) is 3.95. The first-order chi connectivity index (χ1) is 10.2. The quantitative estimate of drug-likeness (QED) is 0.861. The van der Waals surface area contributed by atoms with Crippen LogP contribution in [0.5, 0.6) is 5.75 Å². The fourth-order valence-electron chi connectivity index (χ4n) is 2.69. The molecule has 1 heterocycles. The molecular weight excluding hydrogens is 280 g/mol. The molecule has 1 aliphatic rings. The van der Waals surface area contributed by atoms with Crippen LogP contribution in [-0.2, 0) is 0 Å². The fraction of sp³-hybridized carbons (Fsp3) is 0.235. The van der Waals surface area contributed by atoms with E-state index < -0.39 is 0 Å². The number of anilines is 2. The number of aryl methyl sites for hydroxylation is 1. The van der Waals surface area contributed by atoms with Crippen molar-refractivity contribution in [2.24, 2.45) is 5.73 Å². The van der Waals surface area contributed by atoms with Crippen molar-refractivity contribution in [2.45, 2.75) is 13.3 Å². The third-order valence-electron chi connectivity index (χ3n) is 3.73. The predicted molar refractivity (Wildman–Crippen MR) is 90.6 cm³/mol. The average molecular weight is 298 g/mol. The minimum absolute atomic E-state index is 0.443. The zero-order valence-corrected chi connectivity index (χ0v) is 12.8. The highest BCUT2D eigenvalue weighted by Gasteiger charge is 2.18. The summed E-state index contributed by atoms with van der Waals surface area (Å²) >= 11 is 5.08. The molecule has 1 aliphatic heterocycles. The molecule has 0 aliphatic carbocycles. The molecule has 0 radical (unpaired) electrons. The number of para-hydroxylation sites is 2. The van der Waals surface area contributed by atoms with Gasteiger partial charge in [0.05, 0.1) is 12.3 Å². The van der Waals surface area contributed by atoms with Gasteiger partial charge < -0.3 is 15.4 Å². The molecule has 3 nitrogen and oxygen atoms in total. The van der Waals surface area contributed by atoms with Crippen molar-refractivity contribution >= 4 is 28.6 Å². The Morgan fingerprint density at radius 3 is 2.81 bits per heavy atom. The Morgan fingerprint density at radius 1 is 1.24 bits per heavy atom. The molecule has 0 spiro atoms. The molecule has 2 N–H and O–H groups in total. The minimum Gasteiger partial charge on any atom is -0.491 e. The number of thiocarbonyl (C=S) groups is 1. The summed E-state index contributed by atoms with van der Waals surface area (Å²) in [5, 5.41) is 0. The van der Waals surface area contributed by atoms with E-state index in [1.807, 2.05) is 31.2 Å². The molecule has 0 bridgehead atoms. The van der Waals surface area contributed by atoms with Crippen LogP contribution in [0.2, 0.25) is 0 Å². The first kappa shape index (κ1) is 13.9. The number of fused-ring (bicyclic) bond motifs is 1. The maximum atomic E-state index is 5.81. The second kappa shape index (κ2) is 5.74. The first-order valence-electron chi connectivity index (χ1n) is 7.06. The number of ether oxygens (including phenoxy) is 1. The lowest BCUT2D eigenvalue weighted by Crippen LogP contribution is -2.18. The van der Waals surface area contributed by atoms with Crippen LogP contribution in [0.4, 0.5) is 11.4 Å². The van der Waals surface area contributed by atoms with Gasteiger partial charge in [0.1, 0.15) is 10.7 Å². The van der Waals surface area contributed by atoms with Crippen molar-refractivity contribution in [2.75, 3.05) is 18.1 Å². The van der Waals surface area contributed by atoms with Gasteiger partial charge in [0.25, 0.3) is 0 Å². The number of hydrogen-bond acceptors (Lipinski definition) is 3. The molecular formula is C17H18N2OS. The summed E-state index contributed by atoms with van der Waals surface area (Å²) in [6.07, 6.45) is 0.991. The maximum Gasteiger partial charge on any atom is 0.142 e. The Kier molecular flexibility index (Phi) is 3.80. The Bertz CT molecular complexity index is 684. The second-order valence-corrected chi connectivity index (χ2v) is 5.62. The Labute approximate surface area is 130 Å². The largest absolute Gasteiger partial charge is 0.491 e. The monoisotopic (exact) mass is 298 g/mol. The summed E-state index contributed by atoms with van der Waals surface area (Å²) in [6.45, 7) is 3.72. The van der Waals surface area contributed by atoms with E-state index in [0.29, 0.717) is 4.99 Å². The SMILES string of the molecule is Cc1cc(N2CCCOc3ccccc32)ccc1C(N)=S. The summed E-state index contributed by atoms with van der Waals surface area (Å²) in [7, 11) is 0. The van der Waals surface area contributed by atoms with Gasteiger partial charge in [0.2, 0.25) is 0 Å². The molecule has 0 atom stereocenters. The number of benzene rings is 2. The Morgan fingerprint density at radius 2 is 2.05 bits per heavy atom. The second-order valence-electron chi connectivity index (χ2n) is 5.18. The van der Waals surface area contributed by atoms with Crippen molar-refractivity contribution in [3.05, 3.63) is 53.6 Å². The van der Waals surface area contributed by atoms with Crippen molar-refractivity contribution in [1.82, 2.24) is 0 Å². The standard InChI is InChI=1S/C17H18N2OS/c1-12-11-13(7-8-14(12)17(18)21)19-9-4-10-20-16-6-3-2-5-15(16)19/h2-3,5-8,11H,4,9-10H2,1H3,(H2,18,21). The van der Waals surface area contributed by atoms with Gasteiger partial charge in [-0.25, -0.2) is 0 Å².